The molecule has 0 saturated heterocycles. The van der Waals surface area contributed by atoms with Gasteiger partial charge in [-0.15, -0.1) is 0 Å². The number of para-hydroxylation sites is 1. The van der Waals surface area contributed by atoms with Crippen LogP contribution in [0, 0.1) is 0 Å². The zero-order chi connectivity index (χ0) is 15.2. The second kappa shape index (κ2) is 6.90. The molecule has 0 unspecified atom stereocenters. The Balaban J connectivity index is 2.32. The molecule has 0 radical (unpaired) electrons. The van der Waals surface area contributed by atoms with Crippen LogP contribution in [0.4, 0.5) is 5.69 Å². The highest BCUT2D eigenvalue weighted by molar-refractivity contribution is 6.30. The summed E-state index contributed by atoms with van der Waals surface area (Å²) in [6.07, 6.45) is 0. The lowest BCUT2D eigenvalue weighted by atomic mass is 10.2. The van der Waals surface area contributed by atoms with Gasteiger partial charge in [0.05, 0.1) is 7.11 Å². The van der Waals surface area contributed by atoms with Crippen molar-refractivity contribution in [1.29, 1.82) is 0 Å². The van der Waals surface area contributed by atoms with Gasteiger partial charge in [-0.1, -0.05) is 29.8 Å². The molecule has 0 aromatic heterocycles. The van der Waals surface area contributed by atoms with Gasteiger partial charge in [0.25, 0.3) is 5.91 Å². The first-order valence-corrected chi connectivity index (χ1v) is 6.69. The van der Waals surface area contributed by atoms with Crippen LogP contribution in [0.5, 0.6) is 0 Å². The molecule has 21 heavy (non-hydrogen) atoms. The minimum Gasteiger partial charge on any atom is -0.468 e. The number of halogens is 1. The van der Waals surface area contributed by atoms with Gasteiger partial charge >= 0.3 is 5.97 Å². The standard InChI is InChI=1S/C16H14ClNO3/c1-21-15(19)11-18(14-5-3-2-4-6-14)16(20)12-7-9-13(17)10-8-12/h2-10H,11H2,1H3. The van der Waals surface area contributed by atoms with Gasteiger partial charge in [-0.05, 0) is 36.4 Å². The number of hydrogen-bond acceptors (Lipinski definition) is 3. The molecule has 4 nitrogen and oxygen atoms in total. The molecule has 0 atom stereocenters. The summed E-state index contributed by atoms with van der Waals surface area (Å²) < 4.78 is 4.65. The van der Waals surface area contributed by atoms with Gasteiger partial charge in [-0.3, -0.25) is 14.5 Å². The topological polar surface area (TPSA) is 46.6 Å². The van der Waals surface area contributed by atoms with Crippen molar-refractivity contribution in [3.63, 3.8) is 0 Å². The molecule has 0 N–H and O–H groups in total. The van der Waals surface area contributed by atoms with E-state index in [-0.39, 0.29) is 12.5 Å². The monoisotopic (exact) mass is 303 g/mol. The Hall–Kier alpha value is -2.33. The maximum absolute atomic E-state index is 12.6. The number of carbonyl (C=O) groups excluding carboxylic acids is 2. The number of ether oxygens (including phenoxy) is 1. The summed E-state index contributed by atoms with van der Waals surface area (Å²) in [6.45, 7) is -0.151. The van der Waals surface area contributed by atoms with Crippen LogP contribution >= 0.6 is 11.6 Å². The van der Waals surface area contributed by atoms with E-state index < -0.39 is 5.97 Å². The van der Waals surface area contributed by atoms with Crippen molar-refractivity contribution in [3.8, 4) is 0 Å². The van der Waals surface area contributed by atoms with Gasteiger partial charge in [0.15, 0.2) is 0 Å². The molecule has 0 fully saturated rings. The third-order valence-electron chi connectivity index (χ3n) is 2.92. The lowest BCUT2D eigenvalue weighted by Crippen LogP contribution is -2.36. The van der Waals surface area contributed by atoms with Gasteiger partial charge in [0.1, 0.15) is 6.54 Å². The molecule has 0 bridgehead atoms. The molecule has 108 valence electrons. The van der Waals surface area contributed by atoms with E-state index in [2.05, 4.69) is 4.74 Å². The van der Waals surface area contributed by atoms with Crippen molar-refractivity contribution in [1.82, 2.24) is 0 Å². The molecular weight excluding hydrogens is 290 g/mol. The average molecular weight is 304 g/mol. The third kappa shape index (κ3) is 3.83. The highest BCUT2D eigenvalue weighted by Gasteiger charge is 2.20. The van der Waals surface area contributed by atoms with Crippen LogP contribution in [0.25, 0.3) is 0 Å². The lowest BCUT2D eigenvalue weighted by Gasteiger charge is -2.21. The molecule has 0 aliphatic rings. The highest BCUT2D eigenvalue weighted by Crippen LogP contribution is 2.18. The number of nitrogens with zero attached hydrogens (tertiary/aromatic N) is 1. The van der Waals surface area contributed by atoms with Crippen molar-refractivity contribution in [2.45, 2.75) is 0 Å². The predicted octanol–water partition coefficient (Wildman–Crippen LogP) is 3.16. The summed E-state index contributed by atoms with van der Waals surface area (Å²) in [6, 6.07) is 15.5. The summed E-state index contributed by atoms with van der Waals surface area (Å²) in [5, 5.41) is 0.547. The second-order valence-electron chi connectivity index (χ2n) is 4.31. The minimum absolute atomic E-state index is 0.151. The van der Waals surface area contributed by atoms with Crippen LogP contribution in [0.15, 0.2) is 54.6 Å². The molecular formula is C16H14ClNO3. The summed E-state index contributed by atoms with van der Waals surface area (Å²) in [5.74, 6) is -0.774. The first kappa shape index (κ1) is 15.1. The van der Waals surface area contributed by atoms with Gasteiger partial charge in [-0.2, -0.15) is 0 Å². The first-order valence-electron chi connectivity index (χ1n) is 6.31. The molecule has 1 amide bonds. The zero-order valence-corrected chi connectivity index (χ0v) is 12.2. The van der Waals surface area contributed by atoms with Crippen molar-refractivity contribution >= 4 is 29.2 Å². The van der Waals surface area contributed by atoms with Crippen molar-refractivity contribution in [2.75, 3.05) is 18.6 Å². The number of rotatable bonds is 4. The fraction of sp³-hybridized carbons (Fsp3) is 0.125. The number of anilines is 1. The van der Waals surface area contributed by atoms with Crippen LogP contribution in [0.3, 0.4) is 0 Å². The quantitative estimate of drug-likeness (QED) is 0.815. The Morgan fingerprint density at radius 2 is 1.67 bits per heavy atom. The largest absolute Gasteiger partial charge is 0.468 e. The number of amides is 1. The summed E-state index contributed by atoms with van der Waals surface area (Å²) in [5.41, 5.74) is 1.08. The van der Waals surface area contributed by atoms with E-state index in [4.69, 9.17) is 11.6 Å². The van der Waals surface area contributed by atoms with Crippen LogP contribution in [0.2, 0.25) is 5.02 Å². The summed E-state index contributed by atoms with van der Waals surface area (Å²) in [7, 11) is 1.29. The second-order valence-corrected chi connectivity index (χ2v) is 4.75. The SMILES string of the molecule is COC(=O)CN(C(=O)c1ccc(Cl)cc1)c1ccccc1. The molecule has 0 aliphatic carbocycles. The average Bonchev–Trinajstić information content (AvgIpc) is 2.53. The van der Waals surface area contributed by atoms with Crippen LogP contribution in [-0.2, 0) is 9.53 Å². The molecule has 5 heteroatoms. The van der Waals surface area contributed by atoms with E-state index in [1.54, 1.807) is 48.5 Å². The minimum atomic E-state index is -0.485. The molecule has 0 saturated carbocycles. The Labute approximate surface area is 127 Å². The third-order valence-corrected chi connectivity index (χ3v) is 3.17. The summed E-state index contributed by atoms with van der Waals surface area (Å²) in [4.78, 5) is 25.5. The maximum atomic E-state index is 12.6. The normalized spacial score (nSPS) is 10.0. The van der Waals surface area contributed by atoms with Gasteiger partial charge in [0, 0.05) is 16.3 Å². The Kier molecular flexibility index (Phi) is 4.95. The van der Waals surface area contributed by atoms with E-state index in [9.17, 15) is 9.59 Å². The Morgan fingerprint density at radius 3 is 2.24 bits per heavy atom. The number of benzene rings is 2. The summed E-state index contributed by atoms with van der Waals surface area (Å²) >= 11 is 5.82. The van der Waals surface area contributed by atoms with E-state index in [1.807, 2.05) is 6.07 Å². The smallest absolute Gasteiger partial charge is 0.325 e. The van der Waals surface area contributed by atoms with Gasteiger partial charge in [0.2, 0.25) is 0 Å². The van der Waals surface area contributed by atoms with E-state index in [0.29, 0.717) is 16.3 Å². The van der Waals surface area contributed by atoms with Crippen molar-refractivity contribution < 1.29 is 14.3 Å². The number of hydrogen-bond donors (Lipinski definition) is 0. The lowest BCUT2D eigenvalue weighted by molar-refractivity contribution is -0.138. The fourth-order valence-corrected chi connectivity index (χ4v) is 1.96. The van der Waals surface area contributed by atoms with E-state index >= 15 is 0 Å². The van der Waals surface area contributed by atoms with Gasteiger partial charge in [-0.25, -0.2) is 0 Å². The first-order chi connectivity index (χ1) is 10.1. The number of carbonyl (C=O) groups is 2. The maximum Gasteiger partial charge on any atom is 0.325 e. The number of methoxy groups -OCH3 is 1. The van der Waals surface area contributed by atoms with Crippen molar-refractivity contribution in [2.24, 2.45) is 0 Å². The molecule has 2 aromatic rings. The molecule has 0 aliphatic heterocycles. The van der Waals surface area contributed by atoms with E-state index in [1.165, 1.54) is 12.0 Å². The van der Waals surface area contributed by atoms with Crippen molar-refractivity contribution in [3.05, 3.63) is 65.2 Å². The Bertz CT molecular complexity index is 626. The molecule has 2 aromatic carbocycles. The highest BCUT2D eigenvalue weighted by atomic mass is 35.5. The van der Waals surface area contributed by atoms with Crippen LogP contribution < -0.4 is 4.90 Å². The van der Waals surface area contributed by atoms with E-state index in [0.717, 1.165) is 0 Å². The predicted molar refractivity (Wildman–Crippen MR) is 81.6 cm³/mol. The van der Waals surface area contributed by atoms with Gasteiger partial charge < -0.3 is 4.74 Å². The number of esters is 1. The van der Waals surface area contributed by atoms with Crippen LogP contribution in [-0.4, -0.2) is 25.5 Å². The molecule has 0 heterocycles. The van der Waals surface area contributed by atoms with Crippen LogP contribution in [0.1, 0.15) is 10.4 Å². The molecule has 0 spiro atoms. The zero-order valence-electron chi connectivity index (χ0n) is 11.5. The molecule has 2 rings (SSSR count). The fourth-order valence-electron chi connectivity index (χ4n) is 1.83. The Morgan fingerprint density at radius 1 is 1.05 bits per heavy atom.